The normalized spacial score (nSPS) is 11.8. The number of ether oxygens (including phenoxy) is 1. The fourth-order valence-corrected chi connectivity index (χ4v) is 2.01. The monoisotopic (exact) mass is 405 g/mol. The zero-order chi connectivity index (χ0) is 18.4. The van der Waals surface area contributed by atoms with Crippen LogP contribution in [0.4, 0.5) is 16.4 Å². The molecule has 0 saturated carbocycles. The zero-order valence-electron chi connectivity index (χ0n) is 14.5. The number of carbonyl (C=O) groups is 1. The number of halogens is 1. The van der Waals surface area contributed by atoms with Crippen molar-refractivity contribution in [3.63, 3.8) is 0 Å². The quantitative estimate of drug-likeness (QED) is 0.580. The van der Waals surface area contributed by atoms with Gasteiger partial charge in [-0.05, 0) is 58.0 Å². The first-order valence-corrected chi connectivity index (χ1v) is 8.41. The van der Waals surface area contributed by atoms with Gasteiger partial charge in [-0.1, -0.05) is 15.9 Å². The Morgan fingerprint density at radius 3 is 2.52 bits per heavy atom. The molecule has 2 rings (SSSR count). The molecule has 2 aromatic rings. The minimum Gasteiger partial charge on any atom is -0.444 e. The van der Waals surface area contributed by atoms with Crippen LogP contribution in [0.3, 0.4) is 0 Å². The van der Waals surface area contributed by atoms with Crippen LogP contribution in [0.25, 0.3) is 0 Å². The molecule has 0 atom stereocenters. The first kappa shape index (κ1) is 18.9. The Balaban J connectivity index is 2.05. The number of rotatable bonds is 4. The summed E-state index contributed by atoms with van der Waals surface area (Å²) in [5.41, 5.74) is 4.46. The summed E-state index contributed by atoms with van der Waals surface area (Å²) >= 11 is 3.38. The van der Waals surface area contributed by atoms with Crippen LogP contribution in [0.5, 0.6) is 0 Å². The van der Waals surface area contributed by atoms with E-state index in [2.05, 4.69) is 41.7 Å². The Morgan fingerprint density at radius 2 is 1.88 bits per heavy atom. The number of aromatic nitrogens is 2. The summed E-state index contributed by atoms with van der Waals surface area (Å²) < 4.78 is 6.17. The van der Waals surface area contributed by atoms with E-state index in [1.165, 1.54) is 0 Å². The summed E-state index contributed by atoms with van der Waals surface area (Å²) in [6.07, 6.45) is 0.945. The molecule has 0 aliphatic rings. The summed E-state index contributed by atoms with van der Waals surface area (Å²) in [5, 5.41) is 6.80. The lowest BCUT2D eigenvalue weighted by atomic mass is 10.2. The van der Waals surface area contributed by atoms with Gasteiger partial charge in [0, 0.05) is 10.7 Å². The maximum atomic E-state index is 11.8. The number of carbonyl (C=O) groups excluding carboxylic acids is 1. The second-order valence-electron chi connectivity index (χ2n) is 6.21. The summed E-state index contributed by atoms with van der Waals surface area (Å²) in [4.78, 5) is 20.1. The lowest BCUT2D eigenvalue weighted by Crippen LogP contribution is -2.28. The highest BCUT2D eigenvalue weighted by Gasteiger charge is 2.17. The predicted octanol–water partition coefficient (Wildman–Crippen LogP) is 4.42. The van der Waals surface area contributed by atoms with Crippen molar-refractivity contribution >= 4 is 39.4 Å². The maximum Gasteiger partial charge on any atom is 0.414 e. The fourth-order valence-electron chi connectivity index (χ4n) is 1.75. The molecule has 1 aromatic carbocycles. The van der Waals surface area contributed by atoms with Crippen molar-refractivity contribution < 1.29 is 9.53 Å². The van der Waals surface area contributed by atoms with Crippen LogP contribution in [0, 0.1) is 0 Å². The second kappa shape index (κ2) is 8.06. The Hall–Kier alpha value is -2.48. The van der Waals surface area contributed by atoms with E-state index in [4.69, 9.17) is 4.74 Å². The van der Waals surface area contributed by atoms with Crippen molar-refractivity contribution in [2.45, 2.75) is 33.3 Å². The van der Waals surface area contributed by atoms with Gasteiger partial charge in [0.1, 0.15) is 5.60 Å². The molecule has 0 spiro atoms. The summed E-state index contributed by atoms with van der Waals surface area (Å²) in [5.74, 6) is 0.157. The van der Waals surface area contributed by atoms with Gasteiger partial charge in [-0.25, -0.2) is 14.8 Å². The Labute approximate surface area is 155 Å². The molecular formula is C17H20BrN5O2. The number of nitrogens with zero attached hydrogens (tertiary/aromatic N) is 3. The number of hydrogen-bond donors (Lipinski definition) is 2. The number of anilines is 2. The van der Waals surface area contributed by atoms with E-state index >= 15 is 0 Å². The smallest absolute Gasteiger partial charge is 0.414 e. The molecule has 1 amide bonds. The number of hydrogen-bond acceptors (Lipinski definition) is 6. The standard InChI is InChI=1S/C17H20BrN5O2/c1-11(22-23-13-7-5-12(18)6-8-13)14-9-10-19-15(20-14)21-16(24)25-17(2,3)4/h5-10,23H,1-4H3,(H,19,20,21,24)/b22-11-. The van der Waals surface area contributed by atoms with Crippen molar-refractivity contribution in [1.29, 1.82) is 0 Å². The summed E-state index contributed by atoms with van der Waals surface area (Å²) in [7, 11) is 0. The van der Waals surface area contributed by atoms with Gasteiger partial charge in [-0.2, -0.15) is 5.10 Å². The molecule has 0 bridgehead atoms. The highest BCUT2D eigenvalue weighted by Crippen LogP contribution is 2.14. The predicted molar refractivity (Wildman–Crippen MR) is 102 cm³/mol. The lowest BCUT2D eigenvalue weighted by Gasteiger charge is -2.19. The minimum atomic E-state index is -0.604. The zero-order valence-corrected chi connectivity index (χ0v) is 16.1. The van der Waals surface area contributed by atoms with Crippen molar-refractivity contribution in [1.82, 2.24) is 9.97 Å². The van der Waals surface area contributed by atoms with Crippen molar-refractivity contribution in [2.24, 2.45) is 5.10 Å². The molecule has 2 N–H and O–H groups in total. The van der Waals surface area contributed by atoms with Crippen LogP contribution in [0.2, 0.25) is 0 Å². The first-order chi connectivity index (χ1) is 11.7. The lowest BCUT2D eigenvalue weighted by molar-refractivity contribution is 0.0634. The van der Waals surface area contributed by atoms with Crippen molar-refractivity contribution in [3.8, 4) is 0 Å². The average Bonchev–Trinajstić information content (AvgIpc) is 2.52. The number of amides is 1. The van der Waals surface area contributed by atoms with Gasteiger partial charge >= 0.3 is 6.09 Å². The third-order valence-electron chi connectivity index (χ3n) is 2.84. The summed E-state index contributed by atoms with van der Waals surface area (Å²) in [6.45, 7) is 7.17. The molecule has 0 aliphatic heterocycles. The van der Waals surface area contributed by atoms with Crippen LogP contribution < -0.4 is 10.7 Å². The van der Waals surface area contributed by atoms with Crippen LogP contribution in [0.15, 0.2) is 46.1 Å². The molecule has 0 unspecified atom stereocenters. The Morgan fingerprint density at radius 1 is 1.20 bits per heavy atom. The van der Waals surface area contributed by atoms with Crippen molar-refractivity contribution in [3.05, 3.63) is 46.7 Å². The number of benzene rings is 1. The largest absolute Gasteiger partial charge is 0.444 e. The van der Waals surface area contributed by atoms with E-state index in [1.807, 2.05) is 31.2 Å². The van der Waals surface area contributed by atoms with Crippen LogP contribution in [-0.2, 0) is 4.74 Å². The third-order valence-corrected chi connectivity index (χ3v) is 3.36. The Bertz CT molecular complexity index is 769. The van der Waals surface area contributed by atoms with Gasteiger partial charge < -0.3 is 4.74 Å². The maximum absolute atomic E-state index is 11.8. The van der Waals surface area contributed by atoms with E-state index in [1.54, 1.807) is 33.0 Å². The van der Waals surface area contributed by atoms with E-state index in [9.17, 15) is 4.79 Å². The number of nitrogens with one attached hydrogen (secondary N) is 2. The molecule has 1 aromatic heterocycles. The van der Waals surface area contributed by atoms with Gasteiger partial charge in [0.05, 0.1) is 17.1 Å². The van der Waals surface area contributed by atoms with E-state index in [0.29, 0.717) is 11.4 Å². The van der Waals surface area contributed by atoms with Crippen molar-refractivity contribution in [2.75, 3.05) is 10.7 Å². The van der Waals surface area contributed by atoms with E-state index < -0.39 is 11.7 Å². The molecule has 0 radical (unpaired) electrons. The Kier molecular flexibility index (Phi) is 6.08. The van der Waals surface area contributed by atoms with Gasteiger partial charge in [-0.3, -0.25) is 10.7 Å². The SMILES string of the molecule is C/C(=N/Nc1ccc(Br)cc1)c1ccnc(NC(=O)OC(C)(C)C)n1. The average molecular weight is 406 g/mol. The second-order valence-corrected chi connectivity index (χ2v) is 7.12. The molecular weight excluding hydrogens is 386 g/mol. The molecule has 1 heterocycles. The van der Waals surface area contributed by atoms with Crippen LogP contribution >= 0.6 is 15.9 Å². The van der Waals surface area contributed by atoms with Crippen LogP contribution in [0.1, 0.15) is 33.4 Å². The highest BCUT2D eigenvalue weighted by atomic mass is 79.9. The molecule has 8 heteroatoms. The van der Waals surface area contributed by atoms with E-state index in [-0.39, 0.29) is 5.95 Å². The third kappa shape index (κ3) is 6.50. The van der Waals surface area contributed by atoms with Gasteiger partial charge in [0.2, 0.25) is 5.95 Å². The minimum absolute atomic E-state index is 0.157. The highest BCUT2D eigenvalue weighted by molar-refractivity contribution is 9.10. The topological polar surface area (TPSA) is 88.5 Å². The van der Waals surface area contributed by atoms with Gasteiger partial charge in [0.25, 0.3) is 0 Å². The van der Waals surface area contributed by atoms with E-state index in [0.717, 1.165) is 10.2 Å². The van der Waals surface area contributed by atoms with Gasteiger partial charge in [0.15, 0.2) is 0 Å². The van der Waals surface area contributed by atoms with Gasteiger partial charge in [-0.15, -0.1) is 0 Å². The molecule has 25 heavy (non-hydrogen) atoms. The molecule has 0 saturated heterocycles. The molecule has 132 valence electrons. The molecule has 0 fully saturated rings. The summed E-state index contributed by atoms with van der Waals surface area (Å²) in [6, 6.07) is 9.34. The fraction of sp³-hybridized carbons (Fsp3) is 0.294. The molecule has 7 nitrogen and oxygen atoms in total. The molecule has 0 aliphatic carbocycles. The first-order valence-electron chi connectivity index (χ1n) is 7.62. The number of hydrazone groups is 1. The van der Waals surface area contributed by atoms with Crippen LogP contribution in [-0.4, -0.2) is 27.4 Å².